The molecule has 1 amide bonds. The molecule has 1 atom stereocenters. The van der Waals surface area contributed by atoms with E-state index < -0.39 is 0 Å². The fourth-order valence-corrected chi connectivity index (χ4v) is 2.04. The van der Waals surface area contributed by atoms with Gasteiger partial charge in [-0.25, -0.2) is 0 Å². The number of nitrogens with zero attached hydrogens (tertiary/aromatic N) is 1. The van der Waals surface area contributed by atoms with Gasteiger partial charge < -0.3 is 11.1 Å². The number of hydrogen-bond acceptors (Lipinski definition) is 3. The smallest absolute Gasteiger partial charge is 0.222 e. The Labute approximate surface area is 124 Å². The number of hydrogen-bond donors (Lipinski definition) is 2. The Morgan fingerprint density at radius 1 is 1.19 bits per heavy atom. The summed E-state index contributed by atoms with van der Waals surface area (Å²) in [5.74, 6) is -0.103. The maximum Gasteiger partial charge on any atom is 0.222 e. The molecule has 0 aliphatic carbocycles. The number of amides is 1. The molecule has 0 fully saturated rings. The first-order chi connectivity index (χ1) is 10.2. The van der Waals surface area contributed by atoms with Gasteiger partial charge in [-0.2, -0.15) is 5.26 Å². The van der Waals surface area contributed by atoms with Crippen molar-refractivity contribution in [3.05, 3.63) is 71.3 Å². The summed E-state index contributed by atoms with van der Waals surface area (Å²) in [6, 6.07) is 18.5. The van der Waals surface area contributed by atoms with Crippen LogP contribution in [0.3, 0.4) is 0 Å². The number of nitriles is 1. The summed E-state index contributed by atoms with van der Waals surface area (Å²) < 4.78 is 0. The van der Waals surface area contributed by atoms with Crippen molar-refractivity contribution in [3.63, 3.8) is 0 Å². The van der Waals surface area contributed by atoms with Gasteiger partial charge in [-0.1, -0.05) is 42.5 Å². The number of nitrogens with one attached hydrogen (secondary N) is 1. The van der Waals surface area contributed by atoms with Crippen LogP contribution < -0.4 is 11.1 Å². The molecule has 106 valence electrons. The van der Waals surface area contributed by atoms with E-state index in [2.05, 4.69) is 11.4 Å². The molecule has 0 saturated carbocycles. The van der Waals surface area contributed by atoms with Crippen LogP contribution >= 0.6 is 0 Å². The predicted octanol–water partition coefficient (Wildman–Crippen LogP) is 2.26. The van der Waals surface area contributed by atoms with Gasteiger partial charge in [0.2, 0.25) is 5.91 Å². The van der Waals surface area contributed by atoms with Gasteiger partial charge in [0, 0.05) is 19.0 Å². The van der Waals surface area contributed by atoms with Gasteiger partial charge in [0.1, 0.15) is 0 Å². The molecule has 2 aromatic rings. The number of carbonyl (C=O) groups excluding carboxylic acids is 1. The SMILES string of the molecule is N#Cc1cccc(CNC(=O)CC(N)c2ccccc2)c1. The molecule has 0 aromatic heterocycles. The minimum atomic E-state index is -0.309. The van der Waals surface area contributed by atoms with E-state index in [1.165, 1.54) is 0 Å². The highest BCUT2D eigenvalue weighted by atomic mass is 16.1. The summed E-state index contributed by atoms with van der Waals surface area (Å²) in [7, 11) is 0. The molecule has 1 unspecified atom stereocenters. The highest BCUT2D eigenvalue weighted by Gasteiger charge is 2.11. The molecule has 0 aliphatic heterocycles. The minimum absolute atomic E-state index is 0.103. The number of nitrogens with two attached hydrogens (primary N) is 1. The first-order valence-corrected chi connectivity index (χ1v) is 6.75. The zero-order chi connectivity index (χ0) is 15.1. The normalized spacial score (nSPS) is 11.4. The Hall–Kier alpha value is -2.64. The van der Waals surface area contributed by atoms with Gasteiger partial charge in [-0.3, -0.25) is 4.79 Å². The molecule has 4 heteroatoms. The Bertz CT molecular complexity index is 647. The lowest BCUT2D eigenvalue weighted by molar-refractivity contribution is -0.121. The van der Waals surface area contributed by atoms with E-state index in [-0.39, 0.29) is 18.4 Å². The Kier molecular flexibility index (Phi) is 5.08. The summed E-state index contributed by atoms with van der Waals surface area (Å²) in [6.45, 7) is 0.399. The van der Waals surface area contributed by atoms with E-state index in [4.69, 9.17) is 11.0 Å². The van der Waals surface area contributed by atoms with E-state index in [1.807, 2.05) is 36.4 Å². The second kappa shape index (κ2) is 7.22. The molecule has 0 radical (unpaired) electrons. The van der Waals surface area contributed by atoms with Gasteiger partial charge in [-0.05, 0) is 23.3 Å². The quantitative estimate of drug-likeness (QED) is 0.881. The molecule has 2 rings (SSSR count). The predicted molar refractivity (Wildman–Crippen MR) is 81.0 cm³/mol. The average molecular weight is 279 g/mol. The summed E-state index contributed by atoms with van der Waals surface area (Å²) >= 11 is 0. The summed E-state index contributed by atoms with van der Waals surface area (Å²) in [5.41, 5.74) is 8.43. The van der Waals surface area contributed by atoms with Crippen molar-refractivity contribution in [1.29, 1.82) is 5.26 Å². The van der Waals surface area contributed by atoms with Crippen LogP contribution in [0.2, 0.25) is 0 Å². The van der Waals surface area contributed by atoms with Crippen molar-refractivity contribution in [2.45, 2.75) is 19.0 Å². The van der Waals surface area contributed by atoms with Gasteiger partial charge >= 0.3 is 0 Å². The van der Waals surface area contributed by atoms with Crippen LogP contribution in [0, 0.1) is 11.3 Å². The first kappa shape index (κ1) is 14.8. The number of carbonyl (C=O) groups is 1. The van der Waals surface area contributed by atoms with Gasteiger partial charge in [0.25, 0.3) is 0 Å². The van der Waals surface area contributed by atoms with Gasteiger partial charge in [0.05, 0.1) is 11.6 Å². The van der Waals surface area contributed by atoms with Crippen molar-refractivity contribution in [3.8, 4) is 6.07 Å². The van der Waals surface area contributed by atoms with Gasteiger partial charge in [0.15, 0.2) is 0 Å². The van der Waals surface area contributed by atoms with E-state index in [0.717, 1.165) is 11.1 Å². The lowest BCUT2D eigenvalue weighted by Crippen LogP contribution is -2.27. The molecule has 0 heterocycles. The number of benzene rings is 2. The van der Waals surface area contributed by atoms with Crippen LogP contribution in [-0.4, -0.2) is 5.91 Å². The third-order valence-electron chi connectivity index (χ3n) is 3.18. The summed E-state index contributed by atoms with van der Waals surface area (Å²) in [5, 5.41) is 11.7. The fourth-order valence-electron chi connectivity index (χ4n) is 2.04. The Balaban J connectivity index is 1.86. The minimum Gasteiger partial charge on any atom is -0.352 e. The molecule has 2 aromatic carbocycles. The van der Waals surface area contributed by atoms with E-state index >= 15 is 0 Å². The van der Waals surface area contributed by atoms with Crippen LogP contribution in [0.15, 0.2) is 54.6 Å². The average Bonchev–Trinajstić information content (AvgIpc) is 2.54. The molecule has 3 N–H and O–H groups in total. The first-order valence-electron chi connectivity index (χ1n) is 6.75. The molecule has 0 saturated heterocycles. The topological polar surface area (TPSA) is 78.9 Å². The highest BCUT2D eigenvalue weighted by molar-refractivity contribution is 5.76. The van der Waals surface area contributed by atoms with E-state index in [1.54, 1.807) is 18.2 Å². The molecular formula is C17H17N3O. The maximum absolute atomic E-state index is 11.9. The van der Waals surface area contributed by atoms with Gasteiger partial charge in [-0.15, -0.1) is 0 Å². The summed E-state index contributed by atoms with van der Waals surface area (Å²) in [4.78, 5) is 11.9. The highest BCUT2D eigenvalue weighted by Crippen LogP contribution is 2.13. The van der Waals surface area contributed by atoms with E-state index in [0.29, 0.717) is 12.1 Å². The van der Waals surface area contributed by atoms with Crippen molar-refractivity contribution < 1.29 is 4.79 Å². The lowest BCUT2D eigenvalue weighted by Gasteiger charge is -2.12. The number of rotatable bonds is 5. The van der Waals surface area contributed by atoms with Crippen LogP contribution in [0.4, 0.5) is 0 Å². The molecule has 0 bridgehead atoms. The summed E-state index contributed by atoms with van der Waals surface area (Å²) in [6.07, 6.45) is 0.238. The third kappa shape index (κ3) is 4.44. The standard InChI is InChI=1S/C17H17N3O/c18-11-13-5-4-6-14(9-13)12-20-17(21)10-16(19)15-7-2-1-3-8-15/h1-9,16H,10,12,19H2,(H,20,21). The molecule has 4 nitrogen and oxygen atoms in total. The van der Waals surface area contributed by atoms with Crippen molar-refractivity contribution in [2.75, 3.05) is 0 Å². The van der Waals surface area contributed by atoms with Crippen molar-refractivity contribution in [2.24, 2.45) is 5.73 Å². The Morgan fingerprint density at radius 3 is 2.67 bits per heavy atom. The zero-order valence-corrected chi connectivity index (χ0v) is 11.6. The second-order valence-electron chi connectivity index (χ2n) is 4.81. The molecule has 21 heavy (non-hydrogen) atoms. The van der Waals surface area contributed by atoms with Crippen LogP contribution in [0.25, 0.3) is 0 Å². The third-order valence-corrected chi connectivity index (χ3v) is 3.18. The van der Waals surface area contributed by atoms with Crippen LogP contribution in [0.5, 0.6) is 0 Å². The largest absolute Gasteiger partial charge is 0.352 e. The van der Waals surface area contributed by atoms with E-state index in [9.17, 15) is 4.79 Å². The fraction of sp³-hybridized carbons (Fsp3) is 0.176. The Morgan fingerprint density at radius 2 is 1.95 bits per heavy atom. The van der Waals surface area contributed by atoms with Crippen molar-refractivity contribution in [1.82, 2.24) is 5.32 Å². The molecule has 0 aliphatic rings. The molecular weight excluding hydrogens is 262 g/mol. The lowest BCUT2D eigenvalue weighted by atomic mass is 10.0. The van der Waals surface area contributed by atoms with Crippen LogP contribution in [0.1, 0.15) is 29.2 Å². The maximum atomic E-state index is 11.9. The van der Waals surface area contributed by atoms with Crippen LogP contribution in [-0.2, 0) is 11.3 Å². The molecule has 0 spiro atoms. The monoisotopic (exact) mass is 279 g/mol. The van der Waals surface area contributed by atoms with Crippen molar-refractivity contribution >= 4 is 5.91 Å². The second-order valence-corrected chi connectivity index (χ2v) is 4.81. The zero-order valence-electron chi connectivity index (χ0n) is 11.6.